The van der Waals surface area contributed by atoms with Gasteiger partial charge in [-0.15, -0.1) is 5.10 Å². The van der Waals surface area contributed by atoms with Gasteiger partial charge in [0.05, 0.1) is 31.6 Å². The lowest BCUT2D eigenvalue weighted by molar-refractivity contribution is -0.136. The number of nitrogens with zero attached hydrogens (tertiary/aromatic N) is 5. The number of ether oxygens (including phenoxy) is 1. The Morgan fingerprint density at radius 3 is 2.84 bits per heavy atom. The van der Waals surface area contributed by atoms with Crippen molar-refractivity contribution in [2.75, 3.05) is 26.7 Å². The van der Waals surface area contributed by atoms with Crippen LogP contribution in [0.25, 0.3) is 0 Å². The van der Waals surface area contributed by atoms with Crippen molar-refractivity contribution < 1.29 is 14.6 Å². The average Bonchev–Trinajstić information content (AvgIpc) is 3.22. The van der Waals surface area contributed by atoms with Gasteiger partial charge in [0.25, 0.3) is 0 Å². The summed E-state index contributed by atoms with van der Waals surface area (Å²) in [7, 11) is 2.08. The number of carbonyl (C=O) groups is 1. The largest absolute Gasteiger partial charge is 0.394 e. The molecule has 2 aromatic rings. The highest BCUT2D eigenvalue weighted by Gasteiger charge is 2.27. The highest BCUT2D eigenvalue weighted by molar-refractivity contribution is 5.76. The summed E-state index contributed by atoms with van der Waals surface area (Å²) in [5, 5.41) is 18.1. The summed E-state index contributed by atoms with van der Waals surface area (Å²) < 4.78 is 8.08. The predicted molar refractivity (Wildman–Crippen MR) is 118 cm³/mol. The van der Waals surface area contributed by atoms with Crippen molar-refractivity contribution in [2.24, 2.45) is 5.92 Å². The number of amides is 1. The molecular weight excluding hydrogens is 394 g/mol. The number of aliphatic hydroxyl groups excluding tert-OH is 1. The van der Waals surface area contributed by atoms with E-state index in [1.54, 1.807) is 4.68 Å². The van der Waals surface area contributed by atoms with E-state index in [0.29, 0.717) is 32.5 Å². The second-order valence-corrected chi connectivity index (χ2v) is 8.66. The van der Waals surface area contributed by atoms with Gasteiger partial charge in [0.2, 0.25) is 5.91 Å². The van der Waals surface area contributed by atoms with Crippen LogP contribution in [0.15, 0.2) is 36.5 Å². The molecule has 31 heavy (non-hydrogen) atoms. The Hall–Kier alpha value is -2.29. The van der Waals surface area contributed by atoms with Crippen LogP contribution in [0.2, 0.25) is 0 Å². The van der Waals surface area contributed by atoms with Gasteiger partial charge in [-0.05, 0) is 26.0 Å². The lowest BCUT2D eigenvalue weighted by Gasteiger charge is -2.35. The minimum absolute atomic E-state index is 0.0517. The summed E-state index contributed by atoms with van der Waals surface area (Å²) in [5.41, 5.74) is 2.05. The third-order valence-corrected chi connectivity index (χ3v) is 5.83. The van der Waals surface area contributed by atoms with Crippen LogP contribution in [0, 0.1) is 5.92 Å². The number of hydrogen-bond donors (Lipinski definition) is 1. The SMILES string of the molecule is C[C@H](CO)N1C[C@H](C)[C@@H](CN(C)Cc2ccccc2)OCc2cn(nn2)CCCC1=O. The Morgan fingerprint density at radius 1 is 1.32 bits per heavy atom. The van der Waals surface area contributed by atoms with Gasteiger partial charge in [-0.2, -0.15) is 0 Å². The lowest BCUT2D eigenvalue weighted by atomic mass is 10.0. The van der Waals surface area contributed by atoms with E-state index in [0.717, 1.165) is 18.8 Å². The Balaban J connectivity index is 1.76. The summed E-state index contributed by atoms with van der Waals surface area (Å²) in [4.78, 5) is 17.0. The minimum atomic E-state index is -0.222. The zero-order valence-electron chi connectivity index (χ0n) is 18.9. The zero-order valence-corrected chi connectivity index (χ0v) is 18.9. The highest BCUT2D eigenvalue weighted by Crippen LogP contribution is 2.18. The molecule has 8 nitrogen and oxygen atoms in total. The third kappa shape index (κ3) is 6.85. The van der Waals surface area contributed by atoms with Crippen LogP contribution < -0.4 is 0 Å². The van der Waals surface area contributed by atoms with Gasteiger partial charge in [0, 0.05) is 38.5 Å². The molecule has 0 radical (unpaired) electrons. The number of hydrogen-bond acceptors (Lipinski definition) is 6. The van der Waals surface area contributed by atoms with Crippen molar-refractivity contribution in [1.82, 2.24) is 24.8 Å². The number of carbonyl (C=O) groups excluding carboxylic acids is 1. The topological polar surface area (TPSA) is 83.7 Å². The molecule has 8 heteroatoms. The fourth-order valence-corrected chi connectivity index (χ4v) is 3.96. The first-order chi connectivity index (χ1) is 15.0. The molecule has 1 N–H and O–H groups in total. The van der Waals surface area contributed by atoms with Crippen molar-refractivity contribution in [1.29, 1.82) is 0 Å². The molecule has 0 aliphatic carbocycles. The molecule has 1 aromatic carbocycles. The molecule has 0 unspecified atom stereocenters. The first-order valence-corrected chi connectivity index (χ1v) is 11.1. The van der Waals surface area contributed by atoms with Crippen LogP contribution in [0.5, 0.6) is 0 Å². The van der Waals surface area contributed by atoms with Gasteiger partial charge in [-0.1, -0.05) is 42.5 Å². The maximum atomic E-state index is 12.9. The maximum absolute atomic E-state index is 12.9. The molecule has 3 atom stereocenters. The number of rotatable bonds is 6. The summed E-state index contributed by atoms with van der Waals surface area (Å²) in [5.74, 6) is 0.149. The van der Waals surface area contributed by atoms with E-state index in [1.807, 2.05) is 36.2 Å². The van der Waals surface area contributed by atoms with Crippen LogP contribution in [0.4, 0.5) is 0 Å². The van der Waals surface area contributed by atoms with Crippen molar-refractivity contribution in [2.45, 2.75) is 58.5 Å². The molecule has 0 saturated carbocycles. The van der Waals surface area contributed by atoms with E-state index >= 15 is 0 Å². The summed E-state index contributed by atoms with van der Waals surface area (Å²) in [6.45, 7) is 7.07. The molecular formula is C23H35N5O3. The fourth-order valence-electron chi connectivity index (χ4n) is 3.96. The Bertz CT molecular complexity index is 813. The average molecular weight is 430 g/mol. The van der Waals surface area contributed by atoms with Crippen molar-refractivity contribution >= 4 is 5.91 Å². The van der Waals surface area contributed by atoms with Gasteiger partial charge in [0.1, 0.15) is 5.69 Å². The maximum Gasteiger partial charge on any atom is 0.222 e. The smallest absolute Gasteiger partial charge is 0.222 e. The van der Waals surface area contributed by atoms with E-state index in [1.165, 1.54) is 5.56 Å². The van der Waals surface area contributed by atoms with Gasteiger partial charge < -0.3 is 14.7 Å². The molecule has 1 aromatic heterocycles. The van der Waals surface area contributed by atoms with Crippen molar-refractivity contribution in [3.05, 3.63) is 47.8 Å². The molecule has 2 bridgehead atoms. The van der Waals surface area contributed by atoms with E-state index in [4.69, 9.17) is 4.74 Å². The molecule has 0 fully saturated rings. The predicted octanol–water partition coefficient (Wildman–Crippen LogP) is 1.93. The van der Waals surface area contributed by atoms with Gasteiger partial charge in [-0.25, -0.2) is 0 Å². The Labute approximate surface area is 184 Å². The molecule has 1 aliphatic rings. The molecule has 1 aliphatic heterocycles. The molecule has 3 rings (SSSR count). The first kappa shape index (κ1) is 23.4. The van der Waals surface area contributed by atoms with E-state index in [9.17, 15) is 9.90 Å². The van der Waals surface area contributed by atoms with Crippen LogP contribution in [-0.2, 0) is 29.2 Å². The second kappa shape index (κ2) is 11.4. The summed E-state index contributed by atoms with van der Waals surface area (Å²) >= 11 is 0. The number of likely N-dealkylation sites (N-methyl/N-ethyl adjacent to an activating group) is 1. The van der Waals surface area contributed by atoms with Crippen LogP contribution in [0.1, 0.15) is 37.9 Å². The minimum Gasteiger partial charge on any atom is -0.394 e. The number of fused-ring (bicyclic) bond motifs is 2. The zero-order chi connectivity index (χ0) is 22.2. The molecule has 170 valence electrons. The summed E-state index contributed by atoms with van der Waals surface area (Å²) in [6, 6.07) is 10.1. The monoisotopic (exact) mass is 429 g/mol. The van der Waals surface area contributed by atoms with E-state index in [2.05, 4.69) is 41.3 Å². The fraction of sp³-hybridized carbons (Fsp3) is 0.609. The van der Waals surface area contributed by atoms with Crippen molar-refractivity contribution in [3.8, 4) is 0 Å². The second-order valence-electron chi connectivity index (χ2n) is 8.66. The Morgan fingerprint density at radius 2 is 2.10 bits per heavy atom. The van der Waals surface area contributed by atoms with Gasteiger partial charge >= 0.3 is 0 Å². The Kier molecular flexibility index (Phi) is 8.57. The number of benzene rings is 1. The standard InChI is InChI=1S/C23H35N5O3/c1-18-12-28(19(2)16-29)23(30)10-7-11-27-14-21(24-25-27)17-31-22(18)15-26(3)13-20-8-5-4-6-9-20/h4-6,8-9,14,18-19,22,29H,7,10-13,15-17H2,1-3H3/t18-,19+,22+/m0/s1. The van der Waals surface area contributed by atoms with E-state index < -0.39 is 0 Å². The van der Waals surface area contributed by atoms with Crippen LogP contribution in [0.3, 0.4) is 0 Å². The molecule has 1 amide bonds. The quantitative estimate of drug-likeness (QED) is 0.756. The normalized spacial score (nSPS) is 22.0. The van der Waals surface area contributed by atoms with Crippen LogP contribution in [-0.4, -0.2) is 74.7 Å². The third-order valence-electron chi connectivity index (χ3n) is 5.83. The number of aryl methyl sites for hydroxylation is 1. The first-order valence-electron chi connectivity index (χ1n) is 11.1. The molecule has 0 spiro atoms. The van der Waals surface area contributed by atoms with E-state index in [-0.39, 0.29) is 30.6 Å². The number of aliphatic hydroxyl groups is 1. The summed E-state index contributed by atoms with van der Waals surface area (Å²) in [6.07, 6.45) is 2.91. The van der Waals surface area contributed by atoms with Gasteiger partial charge in [0.15, 0.2) is 0 Å². The van der Waals surface area contributed by atoms with Gasteiger partial charge in [-0.3, -0.25) is 14.4 Å². The molecule has 0 saturated heterocycles. The van der Waals surface area contributed by atoms with Crippen molar-refractivity contribution in [3.63, 3.8) is 0 Å². The molecule has 2 heterocycles. The lowest BCUT2D eigenvalue weighted by Crippen LogP contribution is -2.47. The highest BCUT2D eigenvalue weighted by atomic mass is 16.5. The number of aromatic nitrogens is 3. The van der Waals surface area contributed by atoms with Crippen LogP contribution >= 0.6 is 0 Å².